The van der Waals surface area contributed by atoms with E-state index >= 15 is 0 Å². The standard InChI is InChI=1S/C17H19NO6/c1-3-11-8-16(22)24-17-10(2)13(5-4-12(11)17)23-9-14(19)18-7-6-15(20)21/h4-5,8H,3,6-7,9H2,1-2H3,(H,18,19)(H,20,21)/p-1. The second-order valence-corrected chi connectivity index (χ2v) is 5.27. The van der Waals surface area contributed by atoms with Crippen molar-refractivity contribution >= 4 is 22.8 Å². The number of hydrogen-bond acceptors (Lipinski definition) is 6. The predicted molar refractivity (Wildman–Crippen MR) is 84.7 cm³/mol. The number of carboxylic acid groups (broad SMARTS) is 1. The van der Waals surface area contributed by atoms with E-state index in [9.17, 15) is 19.5 Å². The Hall–Kier alpha value is -2.83. The van der Waals surface area contributed by atoms with Crippen LogP contribution in [0.4, 0.5) is 0 Å². The number of aryl methyl sites for hydroxylation is 2. The van der Waals surface area contributed by atoms with Crippen LogP contribution in [0.2, 0.25) is 0 Å². The minimum absolute atomic E-state index is 0.0179. The minimum Gasteiger partial charge on any atom is -0.550 e. The number of aliphatic carboxylic acids is 1. The molecule has 1 N–H and O–H groups in total. The van der Waals surface area contributed by atoms with Gasteiger partial charge in [-0.25, -0.2) is 4.79 Å². The number of ether oxygens (including phenoxy) is 1. The van der Waals surface area contributed by atoms with Crippen LogP contribution in [0.1, 0.15) is 24.5 Å². The fraction of sp³-hybridized carbons (Fsp3) is 0.353. The van der Waals surface area contributed by atoms with E-state index in [1.54, 1.807) is 19.1 Å². The first kappa shape index (κ1) is 17.5. The highest BCUT2D eigenvalue weighted by molar-refractivity contribution is 5.85. The van der Waals surface area contributed by atoms with E-state index in [1.165, 1.54) is 6.07 Å². The molecule has 128 valence electrons. The first-order valence-corrected chi connectivity index (χ1v) is 7.58. The number of benzene rings is 1. The van der Waals surface area contributed by atoms with E-state index in [0.717, 1.165) is 10.9 Å². The van der Waals surface area contributed by atoms with Gasteiger partial charge in [0.1, 0.15) is 11.3 Å². The number of nitrogens with one attached hydrogen (secondary N) is 1. The van der Waals surface area contributed by atoms with Gasteiger partial charge in [0.15, 0.2) is 6.61 Å². The number of carbonyl (C=O) groups is 2. The summed E-state index contributed by atoms with van der Waals surface area (Å²) >= 11 is 0. The normalized spacial score (nSPS) is 10.6. The Kier molecular flexibility index (Phi) is 5.57. The molecule has 24 heavy (non-hydrogen) atoms. The largest absolute Gasteiger partial charge is 0.550 e. The number of amides is 1. The van der Waals surface area contributed by atoms with Gasteiger partial charge in [-0.1, -0.05) is 6.92 Å². The molecular weight excluding hydrogens is 314 g/mol. The van der Waals surface area contributed by atoms with Gasteiger partial charge in [0.05, 0.1) is 0 Å². The topological polar surface area (TPSA) is 109 Å². The smallest absolute Gasteiger partial charge is 0.336 e. The van der Waals surface area contributed by atoms with E-state index < -0.39 is 17.5 Å². The molecule has 0 aliphatic carbocycles. The average Bonchev–Trinajstić information content (AvgIpc) is 2.53. The molecule has 1 aromatic heterocycles. The summed E-state index contributed by atoms with van der Waals surface area (Å²) in [5.74, 6) is -1.25. The summed E-state index contributed by atoms with van der Waals surface area (Å²) in [6.07, 6.45) is 0.439. The SMILES string of the molecule is CCc1cc(=O)oc2c(C)c(OCC(=O)NCCC(=O)[O-])ccc12. The van der Waals surface area contributed by atoms with Gasteiger partial charge in [0, 0.05) is 36.0 Å². The van der Waals surface area contributed by atoms with Crippen LogP contribution in [0.15, 0.2) is 27.4 Å². The van der Waals surface area contributed by atoms with Gasteiger partial charge in [-0.3, -0.25) is 4.79 Å². The molecule has 7 nitrogen and oxygen atoms in total. The summed E-state index contributed by atoms with van der Waals surface area (Å²) in [6.45, 7) is 3.41. The van der Waals surface area contributed by atoms with Crippen molar-refractivity contribution in [2.24, 2.45) is 0 Å². The Morgan fingerprint density at radius 3 is 2.75 bits per heavy atom. The van der Waals surface area contributed by atoms with Gasteiger partial charge in [0.2, 0.25) is 0 Å². The Bertz CT molecular complexity index is 824. The van der Waals surface area contributed by atoms with Gasteiger partial charge >= 0.3 is 5.63 Å². The quantitative estimate of drug-likeness (QED) is 0.731. The van der Waals surface area contributed by atoms with Gasteiger partial charge in [-0.15, -0.1) is 0 Å². The van der Waals surface area contributed by atoms with Crippen molar-refractivity contribution in [1.82, 2.24) is 5.32 Å². The summed E-state index contributed by atoms with van der Waals surface area (Å²) in [7, 11) is 0. The number of carboxylic acids is 1. The molecule has 0 bridgehead atoms. The number of rotatable bonds is 7. The molecule has 1 amide bonds. The Morgan fingerprint density at radius 2 is 2.08 bits per heavy atom. The molecule has 0 spiro atoms. The van der Waals surface area contributed by atoms with E-state index in [4.69, 9.17) is 9.15 Å². The highest BCUT2D eigenvalue weighted by atomic mass is 16.5. The first-order chi connectivity index (χ1) is 11.4. The highest BCUT2D eigenvalue weighted by Crippen LogP contribution is 2.28. The molecule has 1 aromatic carbocycles. The molecule has 1 heterocycles. The molecule has 2 aromatic rings. The van der Waals surface area contributed by atoms with Crippen molar-refractivity contribution in [2.75, 3.05) is 13.2 Å². The summed E-state index contributed by atoms with van der Waals surface area (Å²) in [6, 6.07) is 4.96. The van der Waals surface area contributed by atoms with Crippen molar-refractivity contribution in [1.29, 1.82) is 0 Å². The lowest BCUT2D eigenvalue weighted by Crippen LogP contribution is -2.33. The van der Waals surface area contributed by atoms with Gasteiger partial charge < -0.3 is 24.4 Å². The van der Waals surface area contributed by atoms with E-state index in [0.29, 0.717) is 23.3 Å². The minimum atomic E-state index is -1.23. The Labute approximate surface area is 138 Å². The van der Waals surface area contributed by atoms with Crippen LogP contribution in [-0.2, 0) is 16.0 Å². The molecule has 0 aliphatic rings. The van der Waals surface area contributed by atoms with Crippen LogP contribution >= 0.6 is 0 Å². The van der Waals surface area contributed by atoms with Crippen molar-refractivity contribution in [2.45, 2.75) is 26.7 Å². The predicted octanol–water partition coefficient (Wildman–Crippen LogP) is 0.299. The van der Waals surface area contributed by atoms with Crippen LogP contribution in [0.25, 0.3) is 11.0 Å². The summed E-state index contributed by atoms with van der Waals surface area (Å²) in [5.41, 5.74) is 1.52. The molecular formula is C17H18NO6-. The molecule has 0 fully saturated rings. The van der Waals surface area contributed by atoms with Crippen LogP contribution in [0, 0.1) is 6.92 Å². The lowest BCUT2D eigenvalue weighted by Gasteiger charge is -2.12. The van der Waals surface area contributed by atoms with Crippen LogP contribution in [-0.4, -0.2) is 25.0 Å². The van der Waals surface area contributed by atoms with Crippen molar-refractivity contribution in [3.05, 3.63) is 39.7 Å². The lowest BCUT2D eigenvalue weighted by atomic mass is 10.0. The van der Waals surface area contributed by atoms with Crippen molar-refractivity contribution in [3.8, 4) is 5.75 Å². The zero-order chi connectivity index (χ0) is 17.7. The summed E-state index contributed by atoms with van der Waals surface area (Å²) in [5, 5.41) is 13.5. The zero-order valence-corrected chi connectivity index (χ0v) is 13.5. The Morgan fingerprint density at radius 1 is 1.33 bits per heavy atom. The molecule has 0 radical (unpaired) electrons. The first-order valence-electron chi connectivity index (χ1n) is 7.58. The molecule has 0 atom stereocenters. The number of hydrogen-bond donors (Lipinski definition) is 1. The van der Waals surface area contributed by atoms with E-state index in [1.807, 2.05) is 6.92 Å². The Balaban J connectivity index is 2.13. The number of carbonyl (C=O) groups excluding carboxylic acids is 2. The third kappa shape index (κ3) is 4.13. The molecule has 0 aliphatic heterocycles. The van der Waals surface area contributed by atoms with Gasteiger partial charge in [-0.2, -0.15) is 0 Å². The van der Waals surface area contributed by atoms with E-state index in [-0.39, 0.29) is 19.6 Å². The molecule has 0 saturated heterocycles. The van der Waals surface area contributed by atoms with Crippen LogP contribution in [0.5, 0.6) is 5.75 Å². The monoisotopic (exact) mass is 332 g/mol. The molecule has 2 rings (SSSR count). The fourth-order valence-electron chi connectivity index (χ4n) is 2.36. The van der Waals surface area contributed by atoms with Crippen LogP contribution in [0.3, 0.4) is 0 Å². The second-order valence-electron chi connectivity index (χ2n) is 5.27. The summed E-state index contributed by atoms with van der Waals surface area (Å²) < 4.78 is 10.7. The summed E-state index contributed by atoms with van der Waals surface area (Å²) in [4.78, 5) is 33.5. The molecule has 0 saturated carbocycles. The number of fused-ring (bicyclic) bond motifs is 1. The van der Waals surface area contributed by atoms with E-state index in [2.05, 4.69) is 5.32 Å². The van der Waals surface area contributed by atoms with Gasteiger partial charge in [0.25, 0.3) is 5.91 Å². The van der Waals surface area contributed by atoms with Crippen molar-refractivity contribution in [3.63, 3.8) is 0 Å². The van der Waals surface area contributed by atoms with Crippen molar-refractivity contribution < 1.29 is 23.8 Å². The third-order valence-corrected chi connectivity index (χ3v) is 3.59. The second kappa shape index (κ2) is 7.63. The third-order valence-electron chi connectivity index (χ3n) is 3.59. The highest BCUT2D eigenvalue weighted by Gasteiger charge is 2.12. The molecule has 0 unspecified atom stereocenters. The fourth-order valence-corrected chi connectivity index (χ4v) is 2.36. The lowest BCUT2D eigenvalue weighted by molar-refractivity contribution is -0.305. The van der Waals surface area contributed by atoms with Gasteiger partial charge in [-0.05, 0) is 31.0 Å². The zero-order valence-electron chi connectivity index (χ0n) is 13.5. The molecule has 7 heteroatoms. The maximum absolute atomic E-state index is 11.6. The average molecular weight is 332 g/mol. The maximum atomic E-state index is 11.6. The van der Waals surface area contributed by atoms with Crippen LogP contribution < -0.4 is 20.8 Å². The maximum Gasteiger partial charge on any atom is 0.336 e.